The van der Waals surface area contributed by atoms with Gasteiger partial charge in [-0.15, -0.1) is 24.0 Å². The molecule has 1 aromatic rings. The summed E-state index contributed by atoms with van der Waals surface area (Å²) in [6, 6.07) is 6.42. The lowest BCUT2D eigenvalue weighted by molar-refractivity contribution is -0.127. The van der Waals surface area contributed by atoms with Crippen LogP contribution in [-0.4, -0.2) is 73.5 Å². The van der Waals surface area contributed by atoms with E-state index in [1.165, 1.54) is 0 Å². The quantitative estimate of drug-likeness (QED) is 0.389. The molecule has 0 aliphatic carbocycles. The first-order chi connectivity index (χ1) is 11.6. The van der Waals surface area contributed by atoms with Crippen LogP contribution in [0, 0.1) is 0 Å². The number of aromatic nitrogens is 1. The maximum atomic E-state index is 11.6. The van der Waals surface area contributed by atoms with Crippen molar-refractivity contribution < 1.29 is 4.79 Å². The number of carbonyl (C=O) groups is 1. The van der Waals surface area contributed by atoms with E-state index < -0.39 is 0 Å². The van der Waals surface area contributed by atoms with Gasteiger partial charge < -0.3 is 15.5 Å². The molecule has 0 spiro atoms. The van der Waals surface area contributed by atoms with Gasteiger partial charge in [-0.2, -0.15) is 0 Å². The summed E-state index contributed by atoms with van der Waals surface area (Å²) in [5.74, 6) is 0.719. The van der Waals surface area contributed by atoms with Gasteiger partial charge >= 0.3 is 0 Å². The number of rotatable bonds is 5. The van der Waals surface area contributed by atoms with E-state index in [2.05, 4.69) is 31.6 Å². The van der Waals surface area contributed by atoms with E-state index in [1.54, 1.807) is 26.0 Å². The van der Waals surface area contributed by atoms with Crippen molar-refractivity contribution in [3.05, 3.63) is 30.1 Å². The first-order valence-electron chi connectivity index (χ1n) is 8.38. The number of aliphatic imine (C=N–C) groups is 1. The van der Waals surface area contributed by atoms with E-state index in [0.29, 0.717) is 12.0 Å². The van der Waals surface area contributed by atoms with Crippen molar-refractivity contribution in [3.63, 3.8) is 0 Å². The number of halogens is 1. The Kier molecular flexibility index (Phi) is 9.73. The Bertz CT molecular complexity index is 543. The van der Waals surface area contributed by atoms with Crippen molar-refractivity contribution in [2.75, 3.05) is 40.8 Å². The standard InChI is InChI=1S/C17H28N6O.HI/c1-18-17(20-12-16(24)22(2)3)21-14-7-10-23(11-8-14)13-15-6-4-5-9-19-15;/h4-6,9,14H,7-8,10-13H2,1-3H3,(H2,18,20,21);1H. The van der Waals surface area contributed by atoms with Crippen molar-refractivity contribution >= 4 is 35.8 Å². The Labute approximate surface area is 167 Å². The lowest BCUT2D eigenvalue weighted by atomic mass is 10.0. The van der Waals surface area contributed by atoms with E-state index >= 15 is 0 Å². The van der Waals surface area contributed by atoms with E-state index in [1.807, 2.05) is 18.3 Å². The first kappa shape index (κ1) is 21.6. The van der Waals surface area contributed by atoms with Gasteiger partial charge in [0.25, 0.3) is 0 Å². The van der Waals surface area contributed by atoms with Crippen molar-refractivity contribution in [2.24, 2.45) is 4.99 Å². The zero-order valence-corrected chi connectivity index (χ0v) is 17.6. The predicted molar refractivity (Wildman–Crippen MR) is 111 cm³/mol. The maximum Gasteiger partial charge on any atom is 0.241 e. The molecule has 0 saturated carbocycles. The molecule has 140 valence electrons. The first-order valence-corrected chi connectivity index (χ1v) is 8.38. The third kappa shape index (κ3) is 7.55. The summed E-state index contributed by atoms with van der Waals surface area (Å²) in [6.45, 7) is 3.22. The second-order valence-corrected chi connectivity index (χ2v) is 6.23. The van der Waals surface area contributed by atoms with Gasteiger partial charge in [0.15, 0.2) is 5.96 Å². The van der Waals surface area contributed by atoms with Crippen molar-refractivity contribution in [1.82, 2.24) is 25.4 Å². The monoisotopic (exact) mass is 460 g/mol. The molecular weight excluding hydrogens is 431 g/mol. The molecule has 8 heteroatoms. The van der Waals surface area contributed by atoms with Crippen LogP contribution in [0.2, 0.25) is 0 Å². The molecule has 1 aromatic heterocycles. The zero-order chi connectivity index (χ0) is 17.4. The summed E-state index contributed by atoms with van der Waals surface area (Å²) in [6.07, 6.45) is 3.94. The number of guanidine groups is 1. The number of likely N-dealkylation sites (tertiary alicyclic amines) is 1. The largest absolute Gasteiger partial charge is 0.354 e. The Morgan fingerprint density at radius 1 is 1.36 bits per heavy atom. The molecule has 0 atom stereocenters. The molecule has 0 aromatic carbocycles. The van der Waals surface area contributed by atoms with Crippen LogP contribution >= 0.6 is 24.0 Å². The highest BCUT2D eigenvalue weighted by Crippen LogP contribution is 2.12. The molecule has 1 aliphatic heterocycles. The second kappa shape index (κ2) is 11.2. The van der Waals surface area contributed by atoms with Crippen molar-refractivity contribution in [2.45, 2.75) is 25.4 Å². The third-order valence-electron chi connectivity index (χ3n) is 4.17. The molecular formula is C17H29IN6O. The molecule has 0 unspecified atom stereocenters. The SMILES string of the molecule is CN=C(NCC(=O)N(C)C)NC1CCN(Cc2ccccn2)CC1.I. The Morgan fingerprint density at radius 2 is 2.08 bits per heavy atom. The molecule has 2 heterocycles. The molecule has 0 bridgehead atoms. The minimum Gasteiger partial charge on any atom is -0.354 e. The number of likely N-dealkylation sites (N-methyl/N-ethyl adjacent to an activating group) is 1. The minimum absolute atomic E-state index is 0. The number of amides is 1. The highest BCUT2D eigenvalue weighted by molar-refractivity contribution is 14.0. The van der Waals surface area contributed by atoms with Crippen molar-refractivity contribution in [1.29, 1.82) is 0 Å². The summed E-state index contributed by atoms with van der Waals surface area (Å²) in [5, 5.41) is 6.48. The van der Waals surface area contributed by atoms with Gasteiger partial charge in [0.05, 0.1) is 12.2 Å². The molecule has 0 radical (unpaired) electrons. The van der Waals surface area contributed by atoms with Gasteiger partial charge in [-0.25, -0.2) is 0 Å². The fraction of sp³-hybridized carbons (Fsp3) is 0.588. The van der Waals surface area contributed by atoms with Crippen LogP contribution in [0.25, 0.3) is 0 Å². The number of pyridine rings is 1. The number of hydrogen-bond acceptors (Lipinski definition) is 4. The molecule has 2 N–H and O–H groups in total. The van der Waals surface area contributed by atoms with Crippen LogP contribution in [0.5, 0.6) is 0 Å². The summed E-state index contributed by atoms with van der Waals surface area (Å²) < 4.78 is 0. The highest BCUT2D eigenvalue weighted by atomic mass is 127. The van der Waals surface area contributed by atoms with E-state index in [-0.39, 0.29) is 36.4 Å². The number of hydrogen-bond donors (Lipinski definition) is 2. The van der Waals surface area contributed by atoms with Crippen LogP contribution in [-0.2, 0) is 11.3 Å². The van der Waals surface area contributed by atoms with Crippen molar-refractivity contribution in [3.8, 4) is 0 Å². The van der Waals surface area contributed by atoms with E-state index in [9.17, 15) is 4.79 Å². The van der Waals surface area contributed by atoms with E-state index in [0.717, 1.165) is 38.2 Å². The number of nitrogens with zero attached hydrogens (tertiary/aromatic N) is 4. The number of piperidine rings is 1. The van der Waals surface area contributed by atoms with Gasteiger partial charge in [0, 0.05) is 53.0 Å². The van der Waals surface area contributed by atoms with Crippen LogP contribution in [0.3, 0.4) is 0 Å². The fourth-order valence-corrected chi connectivity index (χ4v) is 2.66. The number of nitrogens with one attached hydrogen (secondary N) is 2. The highest BCUT2D eigenvalue weighted by Gasteiger charge is 2.20. The third-order valence-corrected chi connectivity index (χ3v) is 4.17. The van der Waals surface area contributed by atoms with Gasteiger partial charge in [0.2, 0.25) is 5.91 Å². The molecule has 1 saturated heterocycles. The zero-order valence-electron chi connectivity index (χ0n) is 15.2. The topological polar surface area (TPSA) is 72.9 Å². The lowest BCUT2D eigenvalue weighted by Gasteiger charge is -2.32. The average molecular weight is 460 g/mol. The van der Waals surface area contributed by atoms with Gasteiger partial charge in [0.1, 0.15) is 0 Å². The fourth-order valence-electron chi connectivity index (χ4n) is 2.66. The smallest absolute Gasteiger partial charge is 0.241 e. The summed E-state index contributed by atoms with van der Waals surface area (Å²) in [4.78, 5) is 24.2. The van der Waals surface area contributed by atoms with Crippen LogP contribution < -0.4 is 10.6 Å². The molecule has 1 amide bonds. The van der Waals surface area contributed by atoms with Crippen LogP contribution in [0.1, 0.15) is 18.5 Å². The number of carbonyl (C=O) groups excluding carboxylic acids is 1. The Balaban J connectivity index is 0.00000312. The van der Waals surface area contributed by atoms with Gasteiger partial charge in [-0.05, 0) is 25.0 Å². The maximum absolute atomic E-state index is 11.6. The average Bonchev–Trinajstić information content (AvgIpc) is 2.60. The van der Waals surface area contributed by atoms with Gasteiger partial charge in [-0.3, -0.25) is 19.7 Å². The predicted octanol–water partition coefficient (Wildman–Crippen LogP) is 0.917. The van der Waals surface area contributed by atoms with Crippen LogP contribution in [0.15, 0.2) is 29.4 Å². The molecule has 25 heavy (non-hydrogen) atoms. The second-order valence-electron chi connectivity index (χ2n) is 6.23. The molecule has 1 fully saturated rings. The normalized spacial score (nSPS) is 16.0. The Morgan fingerprint density at radius 3 is 2.64 bits per heavy atom. The molecule has 7 nitrogen and oxygen atoms in total. The Hall–Kier alpha value is -1.42. The summed E-state index contributed by atoms with van der Waals surface area (Å²) in [5.41, 5.74) is 1.11. The lowest BCUT2D eigenvalue weighted by Crippen LogP contribution is -2.50. The van der Waals surface area contributed by atoms with Crippen LogP contribution in [0.4, 0.5) is 0 Å². The van der Waals surface area contributed by atoms with Gasteiger partial charge in [-0.1, -0.05) is 6.07 Å². The molecule has 2 rings (SSSR count). The molecule has 1 aliphatic rings. The minimum atomic E-state index is 0. The summed E-state index contributed by atoms with van der Waals surface area (Å²) >= 11 is 0. The summed E-state index contributed by atoms with van der Waals surface area (Å²) in [7, 11) is 5.22. The van der Waals surface area contributed by atoms with E-state index in [4.69, 9.17) is 0 Å².